The topological polar surface area (TPSA) is 74.1 Å². The molecule has 0 saturated carbocycles. The first-order valence-corrected chi connectivity index (χ1v) is 9.30. The summed E-state index contributed by atoms with van der Waals surface area (Å²) in [6, 6.07) is 9.85. The van der Waals surface area contributed by atoms with E-state index in [1.165, 1.54) is 42.5 Å². The molecule has 28 heavy (non-hydrogen) atoms. The first-order chi connectivity index (χ1) is 13.4. The molecule has 0 aliphatic carbocycles. The van der Waals surface area contributed by atoms with Crippen LogP contribution in [0.5, 0.6) is 5.75 Å². The van der Waals surface area contributed by atoms with Gasteiger partial charge in [0.05, 0.1) is 10.0 Å². The van der Waals surface area contributed by atoms with Gasteiger partial charge < -0.3 is 4.74 Å². The van der Waals surface area contributed by atoms with E-state index >= 15 is 0 Å². The van der Waals surface area contributed by atoms with Gasteiger partial charge in [-0.15, -0.1) is 0 Å². The molecule has 0 amide bonds. The van der Waals surface area contributed by atoms with Gasteiger partial charge in [0.1, 0.15) is 18.4 Å². The van der Waals surface area contributed by atoms with Crippen LogP contribution in [0.4, 0.5) is 0 Å². The fraction of sp³-hybridized carbons (Fsp3) is 0.158. The van der Waals surface area contributed by atoms with Crippen LogP contribution < -0.4 is 4.74 Å². The summed E-state index contributed by atoms with van der Waals surface area (Å²) in [5, 5.41) is 4.81. The SMILES string of the molecule is CC(Oc1ccccc1Cl)C(=O)C(C(=O)c1ccc(Cl)cc1Cl)n1cncn1. The second-order valence-electron chi connectivity index (χ2n) is 5.86. The highest BCUT2D eigenvalue weighted by atomic mass is 35.5. The second-order valence-corrected chi connectivity index (χ2v) is 7.11. The third kappa shape index (κ3) is 4.35. The largest absolute Gasteiger partial charge is 0.481 e. The van der Waals surface area contributed by atoms with Crippen LogP contribution in [0, 0.1) is 0 Å². The van der Waals surface area contributed by atoms with Crippen LogP contribution in [0.15, 0.2) is 55.1 Å². The van der Waals surface area contributed by atoms with E-state index in [1.807, 2.05) is 0 Å². The Balaban J connectivity index is 1.93. The van der Waals surface area contributed by atoms with Crippen LogP contribution in [-0.4, -0.2) is 32.4 Å². The average molecular weight is 439 g/mol. The smallest absolute Gasteiger partial charge is 0.205 e. The maximum atomic E-state index is 13.1. The van der Waals surface area contributed by atoms with Gasteiger partial charge in [0, 0.05) is 10.6 Å². The molecule has 0 bridgehead atoms. The molecular weight excluding hydrogens is 425 g/mol. The van der Waals surface area contributed by atoms with Crippen molar-refractivity contribution in [3.05, 3.63) is 75.8 Å². The number of hydrogen-bond acceptors (Lipinski definition) is 5. The highest BCUT2D eigenvalue weighted by Crippen LogP contribution is 2.28. The summed E-state index contributed by atoms with van der Waals surface area (Å²) in [5.41, 5.74) is 0.143. The maximum Gasteiger partial charge on any atom is 0.205 e. The molecule has 2 aromatic carbocycles. The Morgan fingerprint density at radius 1 is 1.07 bits per heavy atom. The van der Waals surface area contributed by atoms with Crippen molar-refractivity contribution in [1.82, 2.24) is 14.8 Å². The van der Waals surface area contributed by atoms with Crippen molar-refractivity contribution in [3.63, 3.8) is 0 Å². The van der Waals surface area contributed by atoms with E-state index in [0.717, 1.165) is 0 Å². The average Bonchev–Trinajstić information content (AvgIpc) is 3.17. The van der Waals surface area contributed by atoms with Gasteiger partial charge in [0.2, 0.25) is 5.78 Å². The molecule has 3 rings (SSSR count). The lowest BCUT2D eigenvalue weighted by Crippen LogP contribution is -2.37. The Labute approximate surface area is 176 Å². The monoisotopic (exact) mass is 437 g/mol. The fourth-order valence-electron chi connectivity index (χ4n) is 2.58. The Morgan fingerprint density at radius 2 is 1.82 bits per heavy atom. The molecule has 9 heteroatoms. The zero-order valence-electron chi connectivity index (χ0n) is 14.6. The van der Waals surface area contributed by atoms with Crippen molar-refractivity contribution in [1.29, 1.82) is 0 Å². The standard InChI is InChI=1S/C19H14Cl3N3O3/c1-11(28-16-5-3-2-4-14(16)21)18(26)17(25-10-23-9-24-25)19(27)13-7-6-12(20)8-15(13)22/h2-11,17H,1H3. The summed E-state index contributed by atoms with van der Waals surface area (Å²) in [7, 11) is 0. The second kappa shape index (κ2) is 8.73. The van der Waals surface area contributed by atoms with Gasteiger partial charge in [0.25, 0.3) is 0 Å². The highest BCUT2D eigenvalue weighted by molar-refractivity contribution is 6.37. The van der Waals surface area contributed by atoms with Gasteiger partial charge in [-0.05, 0) is 37.3 Å². The third-order valence-corrected chi connectivity index (χ3v) is 4.82. The van der Waals surface area contributed by atoms with Crippen molar-refractivity contribution in [2.75, 3.05) is 0 Å². The van der Waals surface area contributed by atoms with E-state index in [2.05, 4.69) is 10.1 Å². The molecule has 0 aliphatic heterocycles. The number of nitrogens with zero attached hydrogens (tertiary/aromatic N) is 3. The zero-order valence-corrected chi connectivity index (χ0v) is 16.8. The van der Waals surface area contributed by atoms with Crippen LogP contribution >= 0.6 is 34.8 Å². The van der Waals surface area contributed by atoms with Gasteiger partial charge in [-0.2, -0.15) is 5.10 Å². The van der Waals surface area contributed by atoms with Crippen molar-refractivity contribution >= 4 is 46.4 Å². The van der Waals surface area contributed by atoms with Crippen LogP contribution in [0.2, 0.25) is 15.1 Å². The van der Waals surface area contributed by atoms with E-state index in [9.17, 15) is 9.59 Å². The number of para-hydroxylation sites is 1. The summed E-state index contributed by atoms with van der Waals surface area (Å²) in [6.45, 7) is 1.53. The number of hydrogen-bond donors (Lipinski definition) is 0. The Bertz CT molecular complexity index is 1010. The fourth-order valence-corrected chi connectivity index (χ4v) is 3.26. The summed E-state index contributed by atoms with van der Waals surface area (Å²) >= 11 is 18.1. The molecule has 0 spiro atoms. The zero-order chi connectivity index (χ0) is 20.3. The van der Waals surface area contributed by atoms with Crippen molar-refractivity contribution in [3.8, 4) is 5.75 Å². The number of halogens is 3. The summed E-state index contributed by atoms with van der Waals surface area (Å²) in [6.07, 6.45) is 1.53. The molecule has 0 radical (unpaired) electrons. The maximum absolute atomic E-state index is 13.1. The lowest BCUT2D eigenvalue weighted by atomic mass is 9.98. The molecule has 144 valence electrons. The van der Waals surface area contributed by atoms with E-state index in [-0.39, 0.29) is 10.6 Å². The molecular formula is C19H14Cl3N3O3. The van der Waals surface area contributed by atoms with E-state index in [1.54, 1.807) is 24.3 Å². The number of carbonyl (C=O) groups is 2. The Hall–Kier alpha value is -2.41. The van der Waals surface area contributed by atoms with Crippen molar-refractivity contribution in [2.24, 2.45) is 0 Å². The van der Waals surface area contributed by atoms with E-state index in [0.29, 0.717) is 15.8 Å². The molecule has 0 aliphatic rings. The van der Waals surface area contributed by atoms with E-state index in [4.69, 9.17) is 39.5 Å². The van der Waals surface area contributed by atoms with Crippen LogP contribution in [0.3, 0.4) is 0 Å². The molecule has 6 nitrogen and oxygen atoms in total. The number of Topliss-reactive ketones (excluding diaryl/α,β-unsaturated/α-hetero) is 2. The van der Waals surface area contributed by atoms with Gasteiger partial charge >= 0.3 is 0 Å². The summed E-state index contributed by atoms with van der Waals surface area (Å²) < 4.78 is 6.84. The van der Waals surface area contributed by atoms with Gasteiger partial charge in [-0.1, -0.05) is 46.9 Å². The van der Waals surface area contributed by atoms with Crippen LogP contribution in [0.1, 0.15) is 23.3 Å². The van der Waals surface area contributed by atoms with Gasteiger partial charge in [0.15, 0.2) is 17.9 Å². The quantitative estimate of drug-likeness (QED) is 0.395. The number of ether oxygens (including phenoxy) is 1. The molecule has 1 aromatic heterocycles. The number of carbonyl (C=O) groups excluding carboxylic acids is 2. The highest BCUT2D eigenvalue weighted by Gasteiger charge is 2.35. The summed E-state index contributed by atoms with van der Waals surface area (Å²) in [4.78, 5) is 30.1. The van der Waals surface area contributed by atoms with Gasteiger partial charge in [-0.3, -0.25) is 9.59 Å². The molecule has 2 unspecified atom stereocenters. The van der Waals surface area contributed by atoms with Crippen LogP contribution in [-0.2, 0) is 4.79 Å². The minimum absolute atomic E-state index is 0.134. The number of ketones is 2. The number of aromatic nitrogens is 3. The number of benzene rings is 2. The molecule has 0 fully saturated rings. The predicted octanol–water partition coefficient (Wildman–Crippen LogP) is 4.70. The first-order valence-electron chi connectivity index (χ1n) is 8.16. The third-order valence-electron chi connectivity index (χ3n) is 3.96. The molecule has 0 saturated heterocycles. The molecule has 2 atom stereocenters. The predicted molar refractivity (Wildman–Crippen MR) is 106 cm³/mol. The van der Waals surface area contributed by atoms with Crippen molar-refractivity contribution in [2.45, 2.75) is 19.1 Å². The van der Waals surface area contributed by atoms with Crippen molar-refractivity contribution < 1.29 is 14.3 Å². The molecule has 0 N–H and O–H groups in total. The molecule has 1 heterocycles. The summed E-state index contributed by atoms with van der Waals surface area (Å²) in [5.74, 6) is -0.743. The number of rotatable bonds is 7. The minimum atomic E-state index is -1.31. The minimum Gasteiger partial charge on any atom is -0.481 e. The lowest BCUT2D eigenvalue weighted by molar-refractivity contribution is -0.127. The van der Waals surface area contributed by atoms with Gasteiger partial charge in [-0.25, -0.2) is 9.67 Å². The molecule has 3 aromatic rings. The Kier molecular flexibility index (Phi) is 6.34. The normalized spacial score (nSPS) is 13.0. The lowest BCUT2D eigenvalue weighted by Gasteiger charge is -2.21. The first kappa shape index (κ1) is 20.3. The van der Waals surface area contributed by atoms with E-state index < -0.39 is 23.7 Å². The van der Waals surface area contributed by atoms with Crippen LogP contribution in [0.25, 0.3) is 0 Å². The Morgan fingerprint density at radius 3 is 2.46 bits per heavy atom.